The quantitative estimate of drug-likeness (QED) is 0.367. The number of benzene rings is 3. The fourth-order valence-electron chi connectivity index (χ4n) is 2.67. The number of hydrogen-bond donors (Lipinski definition) is 2. The van der Waals surface area contributed by atoms with Gasteiger partial charge < -0.3 is 15.2 Å². The molecule has 3 aromatic rings. The van der Waals surface area contributed by atoms with Gasteiger partial charge in [-0.05, 0) is 73.8 Å². The van der Waals surface area contributed by atoms with Gasteiger partial charge in [-0.25, -0.2) is 9.18 Å². The lowest BCUT2D eigenvalue weighted by Crippen LogP contribution is -2.27. The monoisotopic (exact) mass is 547 g/mol. The minimum Gasteiger partial charge on any atom is -0.486 e. The van der Waals surface area contributed by atoms with Gasteiger partial charge in [0.25, 0.3) is 5.91 Å². The summed E-state index contributed by atoms with van der Waals surface area (Å²) in [6.45, 7) is 0.0204. The van der Waals surface area contributed by atoms with E-state index in [1.807, 2.05) is 0 Å². The number of carbonyl (C=O) groups is 2. The summed E-state index contributed by atoms with van der Waals surface area (Å²) in [6, 6.07) is 17.9. The second-order valence-corrected chi connectivity index (χ2v) is 8.09. The zero-order valence-corrected chi connectivity index (χ0v) is 19.1. The number of carboxylic acids is 1. The highest BCUT2D eigenvalue weighted by Gasteiger charge is 2.15. The van der Waals surface area contributed by atoms with Crippen molar-refractivity contribution < 1.29 is 23.8 Å². The van der Waals surface area contributed by atoms with E-state index in [2.05, 4.69) is 37.2 Å². The number of aliphatic carboxylic acids is 1. The lowest BCUT2D eigenvalue weighted by molar-refractivity contribution is -0.132. The summed E-state index contributed by atoms with van der Waals surface area (Å²) in [5.41, 5.74) is 0.964. The zero-order valence-electron chi connectivity index (χ0n) is 15.9. The van der Waals surface area contributed by atoms with E-state index in [0.29, 0.717) is 31.4 Å². The largest absolute Gasteiger partial charge is 0.486 e. The van der Waals surface area contributed by atoms with Crippen molar-refractivity contribution in [1.82, 2.24) is 5.32 Å². The SMILES string of the molecule is O=C(O)/C(=C\c1cc(Br)c(OCc2ccccc2F)c(Br)c1)NC(=O)c1ccccc1. The molecule has 1 amide bonds. The number of hydrogen-bond acceptors (Lipinski definition) is 3. The summed E-state index contributed by atoms with van der Waals surface area (Å²) < 4.78 is 20.6. The normalized spacial score (nSPS) is 11.1. The van der Waals surface area contributed by atoms with Crippen LogP contribution >= 0.6 is 31.9 Å². The second kappa shape index (κ2) is 10.4. The zero-order chi connectivity index (χ0) is 22.4. The number of amides is 1. The molecule has 8 heteroatoms. The number of rotatable bonds is 7. The Balaban J connectivity index is 1.81. The van der Waals surface area contributed by atoms with Crippen molar-refractivity contribution in [1.29, 1.82) is 0 Å². The van der Waals surface area contributed by atoms with E-state index in [0.717, 1.165) is 0 Å². The van der Waals surface area contributed by atoms with Crippen molar-refractivity contribution in [3.05, 3.63) is 104 Å². The summed E-state index contributed by atoms with van der Waals surface area (Å²) in [5.74, 6) is -1.74. The summed E-state index contributed by atoms with van der Waals surface area (Å²) in [6.07, 6.45) is 1.33. The van der Waals surface area contributed by atoms with Crippen LogP contribution in [-0.2, 0) is 11.4 Å². The summed E-state index contributed by atoms with van der Waals surface area (Å²) in [5, 5.41) is 11.9. The molecule has 0 heterocycles. The summed E-state index contributed by atoms with van der Waals surface area (Å²) in [7, 11) is 0. The molecule has 5 nitrogen and oxygen atoms in total. The number of carboxylic acid groups (broad SMARTS) is 1. The van der Waals surface area contributed by atoms with Gasteiger partial charge in [0.15, 0.2) is 0 Å². The molecule has 2 N–H and O–H groups in total. The number of ether oxygens (including phenoxy) is 1. The average Bonchev–Trinajstić information content (AvgIpc) is 2.74. The highest BCUT2D eigenvalue weighted by molar-refractivity contribution is 9.11. The number of carbonyl (C=O) groups excluding carboxylic acids is 1. The predicted octanol–water partition coefficient (Wildman–Crippen LogP) is 5.79. The van der Waals surface area contributed by atoms with E-state index < -0.39 is 11.9 Å². The molecule has 0 aliphatic rings. The maximum absolute atomic E-state index is 13.8. The second-order valence-electron chi connectivity index (χ2n) is 6.38. The van der Waals surface area contributed by atoms with Gasteiger partial charge in [0.1, 0.15) is 23.9 Å². The molecule has 0 unspecified atom stereocenters. The molecule has 0 spiro atoms. The first-order valence-corrected chi connectivity index (χ1v) is 10.6. The molecule has 0 aliphatic carbocycles. The van der Waals surface area contributed by atoms with Gasteiger partial charge in [0, 0.05) is 11.1 Å². The van der Waals surface area contributed by atoms with Gasteiger partial charge >= 0.3 is 5.97 Å². The Morgan fingerprint density at radius 2 is 1.61 bits per heavy atom. The van der Waals surface area contributed by atoms with Crippen LogP contribution in [-0.4, -0.2) is 17.0 Å². The van der Waals surface area contributed by atoms with E-state index in [1.54, 1.807) is 60.7 Å². The van der Waals surface area contributed by atoms with Crippen molar-refractivity contribution in [3.8, 4) is 5.75 Å². The van der Waals surface area contributed by atoms with E-state index in [1.165, 1.54) is 12.1 Å². The molecule has 0 aliphatic heterocycles. The van der Waals surface area contributed by atoms with Gasteiger partial charge in [-0.15, -0.1) is 0 Å². The Hall–Kier alpha value is -2.97. The van der Waals surface area contributed by atoms with Crippen LogP contribution in [0.1, 0.15) is 21.5 Å². The van der Waals surface area contributed by atoms with Crippen LogP contribution in [0, 0.1) is 5.82 Å². The van der Waals surface area contributed by atoms with Crippen LogP contribution in [0.2, 0.25) is 0 Å². The van der Waals surface area contributed by atoms with Crippen molar-refractivity contribution in [2.75, 3.05) is 0 Å². The van der Waals surface area contributed by atoms with Crippen molar-refractivity contribution in [2.24, 2.45) is 0 Å². The van der Waals surface area contributed by atoms with Crippen LogP contribution in [0.15, 0.2) is 81.4 Å². The Morgan fingerprint density at radius 1 is 1.00 bits per heavy atom. The molecule has 3 aromatic carbocycles. The Bertz CT molecular complexity index is 1130. The maximum Gasteiger partial charge on any atom is 0.352 e. The van der Waals surface area contributed by atoms with Crippen molar-refractivity contribution >= 4 is 49.8 Å². The van der Waals surface area contributed by atoms with Gasteiger partial charge in [-0.1, -0.05) is 36.4 Å². The predicted molar refractivity (Wildman–Crippen MR) is 122 cm³/mol. The van der Waals surface area contributed by atoms with E-state index >= 15 is 0 Å². The van der Waals surface area contributed by atoms with Crippen molar-refractivity contribution in [3.63, 3.8) is 0 Å². The summed E-state index contributed by atoms with van der Waals surface area (Å²) >= 11 is 6.78. The van der Waals surface area contributed by atoms with Gasteiger partial charge in [-0.2, -0.15) is 0 Å². The van der Waals surface area contributed by atoms with Gasteiger partial charge in [0.2, 0.25) is 0 Å². The highest BCUT2D eigenvalue weighted by Crippen LogP contribution is 2.36. The molecule has 0 saturated carbocycles. The third kappa shape index (κ3) is 6.02. The fourth-order valence-corrected chi connectivity index (χ4v) is 4.12. The molecular formula is C23H16Br2FNO4. The van der Waals surface area contributed by atoms with Crippen LogP contribution in [0.5, 0.6) is 5.75 Å². The Labute approximate surface area is 194 Å². The van der Waals surface area contributed by atoms with E-state index in [9.17, 15) is 19.1 Å². The van der Waals surface area contributed by atoms with Crippen LogP contribution in [0.4, 0.5) is 4.39 Å². The van der Waals surface area contributed by atoms with Crippen LogP contribution in [0.25, 0.3) is 6.08 Å². The Morgan fingerprint density at radius 3 is 2.23 bits per heavy atom. The molecule has 31 heavy (non-hydrogen) atoms. The smallest absolute Gasteiger partial charge is 0.352 e. The van der Waals surface area contributed by atoms with E-state index in [4.69, 9.17) is 4.74 Å². The topological polar surface area (TPSA) is 75.6 Å². The van der Waals surface area contributed by atoms with Crippen molar-refractivity contribution in [2.45, 2.75) is 6.61 Å². The van der Waals surface area contributed by atoms with Gasteiger partial charge in [0.05, 0.1) is 8.95 Å². The van der Waals surface area contributed by atoms with Crippen LogP contribution in [0.3, 0.4) is 0 Å². The molecule has 3 rings (SSSR count). The van der Waals surface area contributed by atoms with E-state index in [-0.39, 0.29) is 18.1 Å². The third-order valence-corrected chi connectivity index (χ3v) is 5.35. The minimum atomic E-state index is -1.28. The third-order valence-electron chi connectivity index (χ3n) is 4.18. The molecule has 0 radical (unpaired) electrons. The number of nitrogens with one attached hydrogen (secondary N) is 1. The standard InChI is InChI=1S/C23H16Br2FNO4/c24-17-10-14(11-18(25)21(17)31-13-16-8-4-5-9-19(16)26)12-20(23(29)30)27-22(28)15-6-2-1-3-7-15/h1-12H,13H2,(H,27,28)(H,29,30)/b20-12+. The number of halogens is 3. The molecule has 0 saturated heterocycles. The molecule has 0 aromatic heterocycles. The summed E-state index contributed by atoms with van der Waals surface area (Å²) in [4.78, 5) is 23.9. The maximum atomic E-state index is 13.8. The first kappa shape index (κ1) is 22.7. The fraction of sp³-hybridized carbons (Fsp3) is 0.0435. The molecular weight excluding hydrogens is 533 g/mol. The Kier molecular flexibility index (Phi) is 7.59. The molecule has 158 valence electrons. The van der Waals surface area contributed by atoms with Crippen LogP contribution < -0.4 is 10.1 Å². The molecule has 0 atom stereocenters. The lowest BCUT2D eigenvalue weighted by atomic mass is 10.1. The van der Waals surface area contributed by atoms with Gasteiger partial charge in [-0.3, -0.25) is 4.79 Å². The first-order valence-electron chi connectivity index (χ1n) is 9.02. The highest BCUT2D eigenvalue weighted by atomic mass is 79.9. The average molecular weight is 549 g/mol. The molecule has 0 bridgehead atoms. The first-order chi connectivity index (χ1) is 14.8. The minimum absolute atomic E-state index is 0.0204. The molecule has 0 fully saturated rings. The lowest BCUT2D eigenvalue weighted by Gasteiger charge is -2.12.